The van der Waals surface area contributed by atoms with Gasteiger partial charge in [-0.15, -0.1) is 11.3 Å². The molecule has 0 amide bonds. The number of rotatable bonds is 12. The molecule has 0 spiro atoms. The van der Waals surface area contributed by atoms with Crippen molar-refractivity contribution in [2.45, 2.75) is 111 Å². The molecule has 2 rings (SSSR count). The van der Waals surface area contributed by atoms with Gasteiger partial charge in [0.1, 0.15) is 18.6 Å². The standard InChI is InChI=1S/C30H48O4SSi2/c1-12-23(15-16-31)26-18-28(35-22-26)21-32-27-14-13-24(19-33-36(8,9)29(2,3)4)25(17-27)20-34-37(10,11)30(5,6)7/h13-18,22H,12,19-21H2,1-11H3/b23-15+. The monoisotopic (exact) mass is 560 g/mol. The molecule has 0 radical (unpaired) electrons. The number of carbonyl (C=O) groups is 1. The van der Waals surface area contributed by atoms with E-state index in [4.69, 9.17) is 13.6 Å². The second-order valence-electron chi connectivity index (χ2n) is 12.8. The van der Waals surface area contributed by atoms with Crippen LogP contribution in [0.15, 0.2) is 35.7 Å². The van der Waals surface area contributed by atoms with Gasteiger partial charge in [-0.25, -0.2) is 0 Å². The fourth-order valence-corrected chi connectivity index (χ4v) is 5.91. The van der Waals surface area contributed by atoms with Crippen LogP contribution in [0.25, 0.3) is 5.57 Å². The van der Waals surface area contributed by atoms with Crippen LogP contribution in [0.5, 0.6) is 5.75 Å². The Kier molecular flexibility index (Phi) is 10.8. The maximum Gasteiger partial charge on any atom is 0.192 e. The third-order valence-electron chi connectivity index (χ3n) is 8.02. The minimum atomic E-state index is -1.91. The van der Waals surface area contributed by atoms with Crippen LogP contribution in [-0.2, 0) is 33.5 Å². The molecule has 0 bridgehead atoms. The Balaban J connectivity index is 2.24. The molecule has 1 aromatic heterocycles. The van der Waals surface area contributed by atoms with Gasteiger partial charge in [-0.1, -0.05) is 54.5 Å². The van der Waals surface area contributed by atoms with Crippen molar-refractivity contribution in [2.24, 2.45) is 0 Å². The van der Waals surface area contributed by atoms with Crippen molar-refractivity contribution in [3.05, 3.63) is 57.3 Å². The van der Waals surface area contributed by atoms with Gasteiger partial charge in [-0.2, -0.15) is 0 Å². The van der Waals surface area contributed by atoms with Crippen molar-refractivity contribution in [3.63, 3.8) is 0 Å². The summed E-state index contributed by atoms with van der Waals surface area (Å²) in [5.41, 5.74) is 4.45. The molecule has 1 aromatic carbocycles. The Morgan fingerprint density at radius 2 is 1.43 bits per heavy atom. The van der Waals surface area contributed by atoms with Crippen LogP contribution in [0.3, 0.4) is 0 Å². The van der Waals surface area contributed by atoms with E-state index in [1.807, 2.05) is 6.07 Å². The van der Waals surface area contributed by atoms with Crippen molar-refractivity contribution >= 4 is 39.8 Å². The van der Waals surface area contributed by atoms with E-state index >= 15 is 0 Å². The Hall–Kier alpha value is -1.52. The first-order valence-electron chi connectivity index (χ1n) is 13.3. The van der Waals surface area contributed by atoms with E-state index < -0.39 is 16.6 Å². The Bertz CT molecular complexity index is 1070. The van der Waals surface area contributed by atoms with Crippen molar-refractivity contribution < 1.29 is 18.4 Å². The van der Waals surface area contributed by atoms with Crippen molar-refractivity contribution in [1.82, 2.24) is 0 Å². The largest absolute Gasteiger partial charge is 0.488 e. The molecule has 0 atom stereocenters. The van der Waals surface area contributed by atoms with Gasteiger partial charge < -0.3 is 13.6 Å². The molecule has 7 heteroatoms. The van der Waals surface area contributed by atoms with Gasteiger partial charge in [0, 0.05) is 4.88 Å². The van der Waals surface area contributed by atoms with Crippen molar-refractivity contribution in [3.8, 4) is 5.75 Å². The zero-order valence-corrected chi connectivity index (χ0v) is 27.7. The summed E-state index contributed by atoms with van der Waals surface area (Å²) in [6.45, 7) is 26.5. The predicted octanol–water partition coefficient (Wildman–Crippen LogP) is 9.36. The molecule has 37 heavy (non-hydrogen) atoms. The molecule has 206 valence electrons. The van der Waals surface area contributed by atoms with E-state index in [1.54, 1.807) is 17.4 Å². The van der Waals surface area contributed by atoms with Crippen LogP contribution < -0.4 is 4.74 Å². The van der Waals surface area contributed by atoms with Gasteiger partial charge in [-0.05, 0) is 94.6 Å². The van der Waals surface area contributed by atoms with Crippen LogP contribution in [0.1, 0.15) is 76.5 Å². The molecule has 0 aliphatic carbocycles. The highest BCUT2D eigenvalue weighted by Gasteiger charge is 2.38. The highest BCUT2D eigenvalue weighted by Crippen LogP contribution is 2.39. The number of aldehydes is 1. The summed E-state index contributed by atoms with van der Waals surface area (Å²) >= 11 is 1.66. The van der Waals surface area contributed by atoms with Gasteiger partial charge in [0.05, 0.1) is 13.2 Å². The molecule has 0 N–H and O–H groups in total. The van der Waals surface area contributed by atoms with Crippen LogP contribution in [0.2, 0.25) is 36.3 Å². The summed E-state index contributed by atoms with van der Waals surface area (Å²) in [6, 6.07) is 8.41. The second-order valence-corrected chi connectivity index (χ2v) is 23.4. The van der Waals surface area contributed by atoms with E-state index in [0.29, 0.717) is 19.8 Å². The van der Waals surface area contributed by atoms with Crippen LogP contribution in [-0.4, -0.2) is 22.9 Å². The lowest BCUT2D eigenvalue weighted by atomic mass is 10.1. The zero-order chi connectivity index (χ0) is 28.1. The minimum absolute atomic E-state index is 0.144. The molecule has 2 aromatic rings. The summed E-state index contributed by atoms with van der Waals surface area (Å²) in [7, 11) is -3.79. The number of allylic oxidation sites excluding steroid dienone is 2. The maximum absolute atomic E-state index is 10.9. The first-order valence-corrected chi connectivity index (χ1v) is 19.9. The smallest absolute Gasteiger partial charge is 0.192 e. The molecule has 0 aliphatic rings. The van der Waals surface area contributed by atoms with E-state index in [0.717, 1.165) is 40.0 Å². The maximum atomic E-state index is 10.9. The quantitative estimate of drug-likeness (QED) is 0.147. The fourth-order valence-electron chi connectivity index (χ4n) is 3.20. The van der Waals surface area contributed by atoms with Crippen LogP contribution in [0, 0.1) is 0 Å². The molecule has 0 aliphatic heterocycles. The number of thiophene rings is 1. The summed E-state index contributed by atoms with van der Waals surface area (Å²) in [5.74, 6) is 0.832. The predicted molar refractivity (Wildman–Crippen MR) is 163 cm³/mol. The number of benzene rings is 1. The molecule has 0 saturated carbocycles. The lowest BCUT2D eigenvalue weighted by Gasteiger charge is -2.37. The molecule has 4 nitrogen and oxygen atoms in total. The van der Waals surface area contributed by atoms with E-state index in [-0.39, 0.29) is 10.1 Å². The van der Waals surface area contributed by atoms with Crippen LogP contribution in [0.4, 0.5) is 0 Å². The van der Waals surface area contributed by atoms with Crippen LogP contribution >= 0.6 is 11.3 Å². The summed E-state index contributed by atoms with van der Waals surface area (Å²) in [5, 5.41) is 2.40. The van der Waals surface area contributed by atoms with Crippen molar-refractivity contribution in [1.29, 1.82) is 0 Å². The minimum Gasteiger partial charge on any atom is -0.488 e. The second kappa shape index (κ2) is 12.6. The highest BCUT2D eigenvalue weighted by atomic mass is 32.1. The van der Waals surface area contributed by atoms with E-state index in [2.05, 4.69) is 98.2 Å². The third kappa shape index (κ3) is 8.75. The zero-order valence-electron chi connectivity index (χ0n) is 24.9. The van der Waals surface area contributed by atoms with Gasteiger partial charge in [-0.3, -0.25) is 4.79 Å². The van der Waals surface area contributed by atoms with Gasteiger partial charge in [0.25, 0.3) is 0 Å². The Morgan fingerprint density at radius 3 is 1.95 bits per heavy atom. The normalized spacial score (nSPS) is 13.6. The lowest BCUT2D eigenvalue weighted by molar-refractivity contribution is -0.104. The molecule has 0 fully saturated rings. The highest BCUT2D eigenvalue weighted by molar-refractivity contribution is 7.10. The molecular formula is C30H48O4SSi2. The average molecular weight is 561 g/mol. The number of hydrogen-bond acceptors (Lipinski definition) is 5. The van der Waals surface area contributed by atoms with Crippen molar-refractivity contribution in [2.75, 3.05) is 0 Å². The van der Waals surface area contributed by atoms with E-state index in [9.17, 15) is 4.79 Å². The SMILES string of the molecule is CC/C(=C\C=O)c1csc(COc2ccc(CO[Si](C)(C)C(C)(C)C)c(CO[Si](C)(C)C(C)(C)C)c2)c1. The molecule has 1 heterocycles. The number of carbonyl (C=O) groups excluding carboxylic acids is 1. The van der Waals surface area contributed by atoms with Gasteiger partial charge >= 0.3 is 0 Å². The van der Waals surface area contributed by atoms with Gasteiger partial charge in [0.15, 0.2) is 16.6 Å². The number of ether oxygens (including phenoxy) is 1. The van der Waals surface area contributed by atoms with Gasteiger partial charge in [0.2, 0.25) is 0 Å². The topological polar surface area (TPSA) is 44.8 Å². The first-order chi connectivity index (χ1) is 17.0. The molecular weight excluding hydrogens is 513 g/mol. The Morgan fingerprint density at radius 1 is 0.865 bits per heavy atom. The molecule has 0 saturated heterocycles. The molecule has 0 unspecified atom stereocenters. The van der Waals surface area contributed by atoms with E-state index in [1.165, 1.54) is 5.56 Å². The Labute approximate surface area is 231 Å². The fraction of sp³-hybridized carbons (Fsp3) is 0.567. The third-order valence-corrected chi connectivity index (χ3v) is 17.9. The summed E-state index contributed by atoms with van der Waals surface area (Å²) < 4.78 is 19.4. The number of hydrogen-bond donors (Lipinski definition) is 0. The summed E-state index contributed by atoms with van der Waals surface area (Å²) in [6.07, 6.45) is 3.33. The summed E-state index contributed by atoms with van der Waals surface area (Å²) in [4.78, 5) is 12.1. The average Bonchev–Trinajstić information content (AvgIpc) is 3.26. The lowest BCUT2D eigenvalue weighted by Crippen LogP contribution is -2.41. The first kappa shape index (κ1) is 31.7.